The summed E-state index contributed by atoms with van der Waals surface area (Å²) in [6.45, 7) is 6.42. The number of hydrogen-bond donors (Lipinski definition) is 2. The van der Waals surface area contributed by atoms with Crippen LogP contribution in [0.15, 0.2) is 17.1 Å². The Morgan fingerprint density at radius 1 is 1.21 bits per heavy atom. The first-order chi connectivity index (χ1) is 13.7. The lowest BCUT2D eigenvalue weighted by Gasteiger charge is -2.42. The van der Waals surface area contributed by atoms with Gasteiger partial charge in [-0.25, -0.2) is 4.99 Å². The van der Waals surface area contributed by atoms with Crippen molar-refractivity contribution < 1.29 is 14.2 Å². The molecule has 0 atom stereocenters. The fourth-order valence-electron chi connectivity index (χ4n) is 3.67. The van der Waals surface area contributed by atoms with E-state index in [1.165, 1.54) is 19.3 Å². The van der Waals surface area contributed by atoms with E-state index in [2.05, 4.69) is 17.6 Å². The van der Waals surface area contributed by atoms with Crippen molar-refractivity contribution in [2.75, 3.05) is 40.0 Å². The fourth-order valence-corrected chi connectivity index (χ4v) is 3.96. The van der Waals surface area contributed by atoms with Crippen molar-refractivity contribution in [1.82, 2.24) is 10.6 Å². The summed E-state index contributed by atoms with van der Waals surface area (Å²) in [5.74, 6) is 2.18. The van der Waals surface area contributed by atoms with Gasteiger partial charge in [0.2, 0.25) is 0 Å². The summed E-state index contributed by atoms with van der Waals surface area (Å²) in [7, 11) is 1.77. The van der Waals surface area contributed by atoms with Crippen LogP contribution in [-0.2, 0) is 11.3 Å². The van der Waals surface area contributed by atoms with Gasteiger partial charge in [0.15, 0.2) is 17.5 Å². The van der Waals surface area contributed by atoms with Gasteiger partial charge in [-0.2, -0.15) is 0 Å². The van der Waals surface area contributed by atoms with Gasteiger partial charge in [0.05, 0.1) is 24.8 Å². The number of aliphatic imine (C=N–C) groups is 1. The lowest BCUT2D eigenvalue weighted by Crippen LogP contribution is -2.46. The van der Waals surface area contributed by atoms with Crippen LogP contribution in [0.25, 0.3) is 0 Å². The first kappa shape index (κ1) is 21.1. The number of nitrogens with one attached hydrogen (secondary N) is 2. The molecule has 7 heteroatoms. The molecule has 0 aromatic heterocycles. The number of guanidine groups is 1. The molecule has 6 nitrogen and oxygen atoms in total. The van der Waals surface area contributed by atoms with Crippen molar-refractivity contribution in [3.05, 3.63) is 22.7 Å². The number of benzene rings is 1. The number of rotatable bonds is 8. The minimum absolute atomic E-state index is 0.338. The van der Waals surface area contributed by atoms with Crippen LogP contribution in [0.2, 0.25) is 5.02 Å². The van der Waals surface area contributed by atoms with E-state index < -0.39 is 0 Å². The molecule has 156 valence electrons. The van der Waals surface area contributed by atoms with Crippen LogP contribution in [-0.4, -0.2) is 46.0 Å². The molecule has 0 saturated heterocycles. The minimum atomic E-state index is 0.338. The normalized spacial score (nSPS) is 18.2. The maximum absolute atomic E-state index is 6.40. The highest BCUT2D eigenvalue weighted by atomic mass is 35.5. The SMILES string of the molecule is CCNC(=NCc1cc(Cl)c2c(c1)OCCCO2)NCC1(CCOC)CCC1. The Morgan fingerprint density at radius 2 is 2.04 bits per heavy atom. The lowest BCUT2D eigenvalue weighted by atomic mass is 9.67. The Labute approximate surface area is 173 Å². The molecule has 28 heavy (non-hydrogen) atoms. The molecular formula is C21H32ClN3O3. The molecule has 1 fully saturated rings. The molecule has 0 unspecified atom stereocenters. The Hall–Kier alpha value is -1.66. The summed E-state index contributed by atoms with van der Waals surface area (Å²) in [6.07, 6.45) is 5.75. The first-order valence-corrected chi connectivity index (χ1v) is 10.6. The molecule has 0 radical (unpaired) electrons. The molecule has 2 N–H and O–H groups in total. The maximum Gasteiger partial charge on any atom is 0.191 e. The highest BCUT2D eigenvalue weighted by Crippen LogP contribution is 2.43. The predicted octanol–water partition coefficient (Wildman–Crippen LogP) is 3.76. The molecule has 3 rings (SSSR count). The molecule has 0 bridgehead atoms. The summed E-state index contributed by atoms with van der Waals surface area (Å²) in [5, 5.41) is 7.44. The number of ether oxygens (including phenoxy) is 3. The third-order valence-corrected chi connectivity index (χ3v) is 5.79. The van der Waals surface area contributed by atoms with Gasteiger partial charge in [0.1, 0.15) is 0 Å². The number of fused-ring (bicyclic) bond motifs is 1. The Morgan fingerprint density at radius 3 is 2.75 bits per heavy atom. The van der Waals surface area contributed by atoms with Crippen molar-refractivity contribution in [2.24, 2.45) is 10.4 Å². The van der Waals surface area contributed by atoms with Gasteiger partial charge >= 0.3 is 0 Å². The van der Waals surface area contributed by atoms with Crippen molar-refractivity contribution >= 4 is 17.6 Å². The monoisotopic (exact) mass is 409 g/mol. The Balaban J connectivity index is 1.64. The van der Waals surface area contributed by atoms with Crippen molar-refractivity contribution in [1.29, 1.82) is 0 Å². The largest absolute Gasteiger partial charge is 0.489 e. The smallest absolute Gasteiger partial charge is 0.191 e. The van der Waals surface area contributed by atoms with Gasteiger partial charge in [-0.05, 0) is 49.3 Å². The number of hydrogen-bond acceptors (Lipinski definition) is 4. The van der Waals surface area contributed by atoms with E-state index in [-0.39, 0.29) is 0 Å². The zero-order valence-electron chi connectivity index (χ0n) is 17.0. The third-order valence-electron chi connectivity index (χ3n) is 5.51. The van der Waals surface area contributed by atoms with Crippen LogP contribution in [0.1, 0.15) is 44.6 Å². The second-order valence-electron chi connectivity index (χ2n) is 7.60. The Kier molecular flexibility index (Phi) is 7.68. The van der Waals surface area contributed by atoms with Crippen LogP contribution >= 0.6 is 11.6 Å². The molecule has 1 heterocycles. The second-order valence-corrected chi connectivity index (χ2v) is 8.01. The van der Waals surface area contributed by atoms with E-state index in [4.69, 9.17) is 30.8 Å². The summed E-state index contributed by atoms with van der Waals surface area (Å²) in [6, 6.07) is 3.89. The fraction of sp³-hybridized carbons (Fsp3) is 0.667. The maximum atomic E-state index is 6.40. The standard InChI is InChI=1S/C21H32ClN3O3/c1-3-23-20(25-15-21(6-4-7-21)8-11-26-2)24-14-16-12-17(22)19-18(13-16)27-9-5-10-28-19/h12-13H,3-11,14-15H2,1-2H3,(H2,23,24,25). The number of nitrogens with zero attached hydrogens (tertiary/aromatic N) is 1. The predicted molar refractivity (Wildman–Crippen MR) is 113 cm³/mol. The van der Waals surface area contributed by atoms with Gasteiger partial charge in [0.25, 0.3) is 0 Å². The lowest BCUT2D eigenvalue weighted by molar-refractivity contribution is 0.0732. The molecule has 2 aliphatic rings. The van der Waals surface area contributed by atoms with Crippen molar-refractivity contribution in [3.8, 4) is 11.5 Å². The molecule has 0 amide bonds. The van der Waals surface area contributed by atoms with E-state index in [9.17, 15) is 0 Å². The zero-order chi connectivity index (χ0) is 19.8. The molecule has 1 aromatic carbocycles. The van der Waals surface area contributed by atoms with Crippen LogP contribution in [0, 0.1) is 5.41 Å². The molecule has 1 aromatic rings. The third kappa shape index (κ3) is 5.45. The van der Waals surface area contributed by atoms with E-state index in [1.807, 2.05) is 12.1 Å². The first-order valence-electron chi connectivity index (χ1n) is 10.2. The van der Waals surface area contributed by atoms with Gasteiger partial charge in [-0.3, -0.25) is 0 Å². The van der Waals surface area contributed by atoms with Crippen molar-refractivity contribution in [3.63, 3.8) is 0 Å². The highest BCUT2D eigenvalue weighted by Gasteiger charge is 2.36. The number of halogens is 1. The highest BCUT2D eigenvalue weighted by molar-refractivity contribution is 6.32. The van der Waals surface area contributed by atoms with Gasteiger partial charge in [-0.15, -0.1) is 0 Å². The minimum Gasteiger partial charge on any atom is -0.489 e. The average Bonchev–Trinajstić information content (AvgIpc) is 2.90. The van der Waals surface area contributed by atoms with Gasteiger partial charge in [-0.1, -0.05) is 18.0 Å². The van der Waals surface area contributed by atoms with Crippen LogP contribution in [0.5, 0.6) is 11.5 Å². The molecule has 1 aliphatic heterocycles. The molecule has 1 aliphatic carbocycles. The molecule has 1 saturated carbocycles. The number of methoxy groups -OCH3 is 1. The van der Waals surface area contributed by atoms with Crippen LogP contribution < -0.4 is 20.1 Å². The van der Waals surface area contributed by atoms with Crippen LogP contribution in [0.4, 0.5) is 0 Å². The molecule has 0 spiro atoms. The average molecular weight is 410 g/mol. The van der Waals surface area contributed by atoms with Gasteiger partial charge in [0, 0.05) is 33.2 Å². The van der Waals surface area contributed by atoms with E-state index >= 15 is 0 Å². The molecular weight excluding hydrogens is 378 g/mol. The quantitative estimate of drug-likeness (QED) is 0.505. The van der Waals surface area contributed by atoms with E-state index in [0.29, 0.717) is 41.7 Å². The summed E-state index contributed by atoms with van der Waals surface area (Å²) >= 11 is 6.40. The van der Waals surface area contributed by atoms with E-state index in [1.54, 1.807) is 7.11 Å². The summed E-state index contributed by atoms with van der Waals surface area (Å²) in [5.41, 5.74) is 1.34. The topological polar surface area (TPSA) is 64.1 Å². The van der Waals surface area contributed by atoms with Crippen LogP contribution in [0.3, 0.4) is 0 Å². The zero-order valence-corrected chi connectivity index (χ0v) is 17.7. The summed E-state index contributed by atoms with van der Waals surface area (Å²) in [4.78, 5) is 4.75. The van der Waals surface area contributed by atoms with Gasteiger partial charge < -0.3 is 24.8 Å². The Bertz CT molecular complexity index is 677. The van der Waals surface area contributed by atoms with Crippen molar-refractivity contribution in [2.45, 2.75) is 45.6 Å². The van der Waals surface area contributed by atoms with E-state index in [0.717, 1.165) is 44.1 Å². The summed E-state index contributed by atoms with van der Waals surface area (Å²) < 4.78 is 16.8. The second kappa shape index (κ2) is 10.2.